The topological polar surface area (TPSA) is 64.1 Å². The first-order chi connectivity index (χ1) is 7.54. The van der Waals surface area contributed by atoms with Gasteiger partial charge < -0.3 is 14.3 Å². The van der Waals surface area contributed by atoms with Gasteiger partial charge in [0.25, 0.3) is 0 Å². The highest BCUT2D eigenvalue weighted by Gasteiger charge is 2.13. The normalized spacial score (nSPS) is 11.9. The van der Waals surface area contributed by atoms with Crippen LogP contribution in [-0.4, -0.2) is 15.7 Å². The summed E-state index contributed by atoms with van der Waals surface area (Å²) in [5, 5.41) is 7.15. The second kappa shape index (κ2) is 4.09. The molecule has 0 saturated carbocycles. The molecule has 16 heavy (non-hydrogen) atoms. The third-order valence-corrected chi connectivity index (χ3v) is 2.02. The quantitative estimate of drug-likeness (QED) is 0.860. The summed E-state index contributed by atoms with van der Waals surface area (Å²) in [4.78, 5) is 4.26. The molecule has 5 nitrogen and oxygen atoms in total. The van der Waals surface area contributed by atoms with Crippen molar-refractivity contribution >= 4 is 0 Å². The van der Waals surface area contributed by atoms with Crippen LogP contribution in [0.15, 0.2) is 27.5 Å². The van der Waals surface area contributed by atoms with Crippen LogP contribution in [0.5, 0.6) is 0 Å². The monoisotopic (exact) mass is 221 g/mol. The Morgan fingerprint density at radius 1 is 1.38 bits per heavy atom. The van der Waals surface area contributed by atoms with E-state index in [0.29, 0.717) is 18.3 Å². The van der Waals surface area contributed by atoms with Gasteiger partial charge in [-0.25, -0.2) is 0 Å². The number of hydrogen-bond acceptors (Lipinski definition) is 5. The Balaban J connectivity index is 2.03. The van der Waals surface area contributed by atoms with E-state index in [1.807, 2.05) is 0 Å². The molecule has 0 atom stereocenters. The Morgan fingerprint density at radius 2 is 2.19 bits per heavy atom. The lowest BCUT2D eigenvalue weighted by molar-refractivity contribution is 0.336. The van der Waals surface area contributed by atoms with E-state index in [1.165, 1.54) is 0 Å². The number of aromatic nitrogens is 2. The molecule has 2 heterocycles. The molecule has 0 aliphatic heterocycles. The molecule has 0 fully saturated rings. The highest BCUT2D eigenvalue weighted by molar-refractivity contribution is 5.51. The van der Waals surface area contributed by atoms with Gasteiger partial charge in [-0.15, -0.1) is 0 Å². The lowest BCUT2D eigenvalue weighted by Gasteiger charge is -2.18. The molecule has 0 bridgehead atoms. The van der Waals surface area contributed by atoms with Crippen molar-refractivity contribution in [3.63, 3.8) is 0 Å². The largest absolute Gasteiger partial charge is 0.472 e. The number of rotatable bonds is 3. The van der Waals surface area contributed by atoms with Crippen LogP contribution in [0.25, 0.3) is 11.4 Å². The third-order valence-electron chi connectivity index (χ3n) is 2.02. The number of furan rings is 1. The van der Waals surface area contributed by atoms with Gasteiger partial charge in [0.1, 0.15) is 6.26 Å². The number of hydrogen-bond donors (Lipinski definition) is 1. The summed E-state index contributed by atoms with van der Waals surface area (Å²) in [5.41, 5.74) is 0.857. The fraction of sp³-hybridized carbons (Fsp3) is 0.455. The molecule has 2 aromatic heterocycles. The predicted molar refractivity (Wildman–Crippen MR) is 58.6 cm³/mol. The molecule has 0 aliphatic carbocycles. The van der Waals surface area contributed by atoms with Crippen LogP contribution in [0.3, 0.4) is 0 Å². The van der Waals surface area contributed by atoms with Gasteiger partial charge in [-0.3, -0.25) is 0 Å². The van der Waals surface area contributed by atoms with Gasteiger partial charge in [0, 0.05) is 5.54 Å². The van der Waals surface area contributed by atoms with E-state index in [-0.39, 0.29) is 5.54 Å². The van der Waals surface area contributed by atoms with Gasteiger partial charge in [-0.05, 0) is 26.8 Å². The smallest absolute Gasteiger partial charge is 0.240 e. The Morgan fingerprint density at radius 3 is 2.81 bits per heavy atom. The maximum Gasteiger partial charge on any atom is 0.240 e. The molecule has 2 aromatic rings. The lowest BCUT2D eigenvalue weighted by atomic mass is 10.1. The van der Waals surface area contributed by atoms with Gasteiger partial charge in [-0.1, -0.05) is 5.16 Å². The van der Waals surface area contributed by atoms with Crippen LogP contribution >= 0.6 is 0 Å². The lowest BCUT2D eigenvalue weighted by Crippen LogP contribution is -2.35. The molecule has 5 heteroatoms. The minimum atomic E-state index is 0.0320. The van der Waals surface area contributed by atoms with Crippen LogP contribution < -0.4 is 5.32 Å². The molecule has 0 spiro atoms. The molecule has 1 N–H and O–H groups in total. The molecule has 0 amide bonds. The van der Waals surface area contributed by atoms with Crippen molar-refractivity contribution in [2.75, 3.05) is 0 Å². The van der Waals surface area contributed by atoms with Crippen LogP contribution in [0, 0.1) is 0 Å². The highest BCUT2D eigenvalue weighted by atomic mass is 16.5. The van der Waals surface area contributed by atoms with Crippen molar-refractivity contribution < 1.29 is 8.94 Å². The highest BCUT2D eigenvalue weighted by Crippen LogP contribution is 2.15. The van der Waals surface area contributed by atoms with Gasteiger partial charge in [0.2, 0.25) is 11.7 Å². The number of nitrogens with zero attached hydrogens (tertiary/aromatic N) is 2. The van der Waals surface area contributed by atoms with Crippen LogP contribution in [0.2, 0.25) is 0 Å². The van der Waals surface area contributed by atoms with Crippen molar-refractivity contribution in [1.82, 2.24) is 15.5 Å². The Hall–Kier alpha value is -1.62. The van der Waals surface area contributed by atoms with Crippen molar-refractivity contribution in [1.29, 1.82) is 0 Å². The second-order valence-electron chi connectivity index (χ2n) is 4.63. The standard InChI is InChI=1S/C11H15N3O2/c1-11(2,3)12-6-9-13-10(14-16-9)8-4-5-15-7-8/h4-5,7,12H,6H2,1-3H3. The first kappa shape index (κ1) is 10.9. The van der Waals surface area contributed by atoms with Crippen LogP contribution in [0.4, 0.5) is 0 Å². The summed E-state index contributed by atoms with van der Waals surface area (Å²) in [6, 6.07) is 1.80. The summed E-state index contributed by atoms with van der Waals surface area (Å²) < 4.78 is 10.1. The number of nitrogens with one attached hydrogen (secondary N) is 1. The molecular formula is C11H15N3O2. The first-order valence-corrected chi connectivity index (χ1v) is 5.15. The van der Waals surface area contributed by atoms with Gasteiger partial charge in [-0.2, -0.15) is 4.98 Å². The zero-order valence-corrected chi connectivity index (χ0v) is 9.65. The first-order valence-electron chi connectivity index (χ1n) is 5.15. The maximum absolute atomic E-state index is 5.12. The Kier molecular flexibility index (Phi) is 2.78. The average Bonchev–Trinajstić information content (AvgIpc) is 2.84. The summed E-state index contributed by atoms with van der Waals surface area (Å²) in [5.74, 6) is 1.13. The molecular weight excluding hydrogens is 206 g/mol. The van der Waals surface area contributed by atoms with Crippen molar-refractivity contribution in [2.24, 2.45) is 0 Å². The predicted octanol–water partition coefficient (Wildman–Crippen LogP) is 2.22. The van der Waals surface area contributed by atoms with Crippen LogP contribution in [-0.2, 0) is 6.54 Å². The second-order valence-corrected chi connectivity index (χ2v) is 4.63. The summed E-state index contributed by atoms with van der Waals surface area (Å²) >= 11 is 0. The summed E-state index contributed by atoms with van der Waals surface area (Å²) in [7, 11) is 0. The van der Waals surface area contributed by atoms with Gasteiger partial charge in [0.05, 0.1) is 18.4 Å². The molecule has 86 valence electrons. The maximum atomic E-state index is 5.12. The SMILES string of the molecule is CC(C)(C)NCc1nc(-c2ccoc2)no1. The van der Waals surface area contributed by atoms with Crippen molar-refractivity contribution in [2.45, 2.75) is 32.9 Å². The fourth-order valence-corrected chi connectivity index (χ4v) is 1.18. The van der Waals surface area contributed by atoms with E-state index in [4.69, 9.17) is 8.94 Å². The minimum absolute atomic E-state index is 0.0320. The fourth-order valence-electron chi connectivity index (χ4n) is 1.18. The van der Waals surface area contributed by atoms with E-state index in [1.54, 1.807) is 18.6 Å². The Bertz CT molecular complexity index is 440. The zero-order valence-electron chi connectivity index (χ0n) is 9.65. The van der Waals surface area contributed by atoms with Gasteiger partial charge >= 0.3 is 0 Å². The molecule has 0 aliphatic rings. The average molecular weight is 221 g/mol. The van der Waals surface area contributed by atoms with E-state index >= 15 is 0 Å². The van der Waals surface area contributed by atoms with E-state index in [9.17, 15) is 0 Å². The molecule has 0 aromatic carbocycles. The summed E-state index contributed by atoms with van der Waals surface area (Å²) in [6.07, 6.45) is 3.17. The van der Waals surface area contributed by atoms with E-state index in [2.05, 4.69) is 36.2 Å². The molecule has 0 radical (unpaired) electrons. The molecule has 0 unspecified atom stereocenters. The Labute approximate surface area is 93.8 Å². The van der Waals surface area contributed by atoms with E-state index < -0.39 is 0 Å². The minimum Gasteiger partial charge on any atom is -0.472 e. The molecule has 2 rings (SSSR count). The summed E-state index contributed by atoms with van der Waals surface area (Å²) in [6.45, 7) is 6.81. The van der Waals surface area contributed by atoms with Gasteiger partial charge in [0.15, 0.2) is 0 Å². The van der Waals surface area contributed by atoms with E-state index in [0.717, 1.165) is 5.56 Å². The third kappa shape index (κ3) is 2.70. The zero-order chi connectivity index (χ0) is 11.6. The van der Waals surface area contributed by atoms with Crippen LogP contribution in [0.1, 0.15) is 26.7 Å². The van der Waals surface area contributed by atoms with Crippen molar-refractivity contribution in [3.8, 4) is 11.4 Å². The van der Waals surface area contributed by atoms with Crippen molar-refractivity contribution in [3.05, 3.63) is 24.5 Å². The molecule has 0 saturated heterocycles.